The number of hydrogen-bond donors (Lipinski definition) is 1. The van der Waals surface area contributed by atoms with Crippen LogP contribution in [0.5, 0.6) is 5.75 Å². The van der Waals surface area contributed by atoms with Crippen molar-refractivity contribution >= 4 is 36.4 Å². The van der Waals surface area contributed by atoms with Crippen molar-refractivity contribution in [3.05, 3.63) is 64.9 Å². The zero-order chi connectivity index (χ0) is 24.2. The van der Waals surface area contributed by atoms with Crippen LogP contribution in [0.25, 0.3) is 0 Å². The van der Waals surface area contributed by atoms with Crippen molar-refractivity contribution in [2.24, 2.45) is 5.92 Å². The van der Waals surface area contributed by atoms with Gasteiger partial charge in [-0.3, -0.25) is 5.43 Å². The van der Waals surface area contributed by atoms with E-state index in [1.165, 1.54) is 12.1 Å². The first-order valence-corrected chi connectivity index (χ1v) is 12.8. The minimum absolute atomic E-state index is 0. The van der Waals surface area contributed by atoms with Crippen molar-refractivity contribution in [1.29, 1.82) is 0 Å². The maximum absolute atomic E-state index is 13.9. The molecule has 36 heavy (non-hydrogen) atoms. The predicted molar refractivity (Wildman–Crippen MR) is 147 cm³/mol. The Bertz CT molecular complexity index is 938. The summed E-state index contributed by atoms with van der Waals surface area (Å²) in [5, 5.41) is 3.00. The fourth-order valence-electron chi connectivity index (χ4n) is 6.14. The van der Waals surface area contributed by atoms with E-state index in [4.69, 9.17) is 25.8 Å². The SMILES string of the molecule is CCCC1(CCC)C(C2(c3ccc(F)cc3)OCCO2)C(Oc2cccc(Cl)c2)CCN1NC.Cl.Cl. The number of halogens is 4. The molecule has 2 fully saturated rings. The van der Waals surface area contributed by atoms with E-state index in [0.29, 0.717) is 18.2 Å². The fourth-order valence-corrected chi connectivity index (χ4v) is 6.32. The van der Waals surface area contributed by atoms with E-state index in [0.717, 1.165) is 50.0 Å². The molecule has 202 valence electrons. The molecule has 2 aromatic rings. The highest BCUT2D eigenvalue weighted by molar-refractivity contribution is 6.30. The Morgan fingerprint density at radius 2 is 1.69 bits per heavy atom. The summed E-state index contributed by atoms with van der Waals surface area (Å²) in [6, 6.07) is 14.1. The molecular formula is C27H38Cl3FN2O3. The lowest BCUT2D eigenvalue weighted by Gasteiger charge is -2.58. The normalized spacial score (nSPS) is 22.9. The predicted octanol–water partition coefficient (Wildman–Crippen LogP) is 6.77. The molecule has 0 spiro atoms. The van der Waals surface area contributed by atoms with Crippen LogP contribution in [-0.4, -0.2) is 43.5 Å². The van der Waals surface area contributed by atoms with Gasteiger partial charge in [0.2, 0.25) is 5.79 Å². The Morgan fingerprint density at radius 1 is 1.06 bits per heavy atom. The fraction of sp³-hybridized carbons (Fsp3) is 0.556. The molecule has 2 unspecified atom stereocenters. The quantitative estimate of drug-likeness (QED) is 0.365. The smallest absolute Gasteiger partial charge is 0.203 e. The third-order valence-electron chi connectivity index (χ3n) is 7.22. The second-order valence-electron chi connectivity index (χ2n) is 9.23. The van der Waals surface area contributed by atoms with Crippen LogP contribution < -0.4 is 10.2 Å². The molecule has 2 heterocycles. The highest BCUT2D eigenvalue weighted by atomic mass is 35.5. The number of benzene rings is 2. The average molecular weight is 564 g/mol. The number of piperidine rings is 1. The van der Waals surface area contributed by atoms with Crippen molar-refractivity contribution in [3.63, 3.8) is 0 Å². The Balaban J connectivity index is 0.00000228. The average Bonchev–Trinajstić information content (AvgIpc) is 3.30. The Labute approximate surface area is 231 Å². The van der Waals surface area contributed by atoms with Gasteiger partial charge >= 0.3 is 0 Å². The number of nitrogens with one attached hydrogen (secondary N) is 1. The number of hydrogen-bond acceptors (Lipinski definition) is 5. The van der Waals surface area contributed by atoms with E-state index < -0.39 is 5.79 Å². The van der Waals surface area contributed by atoms with E-state index in [-0.39, 0.29) is 48.2 Å². The molecule has 9 heteroatoms. The van der Waals surface area contributed by atoms with E-state index in [9.17, 15) is 4.39 Å². The maximum Gasteiger partial charge on any atom is 0.203 e. The van der Waals surface area contributed by atoms with Gasteiger partial charge in [0, 0.05) is 22.7 Å². The van der Waals surface area contributed by atoms with Gasteiger partial charge in [-0.1, -0.05) is 56.5 Å². The molecule has 0 aromatic heterocycles. The Hall–Kier alpha value is -1.12. The topological polar surface area (TPSA) is 43.0 Å². The van der Waals surface area contributed by atoms with Crippen LogP contribution in [0.3, 0.4) is 0 Å². The van der Waals surface area contributed by atoms with Crippen LogP contribution in [0, 0.1) is 11.7 Å². The summed E-state index contributed by atoms with van der Waals surface area (Å²) in [5.74, 6) is -0.767. The third kappa shape index (κ3) is 5.96. The first-order chi connectivity index (χ1) is 16.5. The Morgan fingerprint density at radius 3 is 2.25 bits per heavy atom. The lowest BCUT2D eigenvalue weighted by Crippen LogP contribution is -2.70. The van der Waals surface area contributed by atoms with Crippen LogP contribution in [-0.2, 0) is 15.3 Å². The lowest BCUT2D eigenvalue weighted by atomic mass is 9.65. The van der Waals surface area contributed by atoms with Gasteiger partial charge in [-0.05, 0) is 56.6 Å². The van der Waals surface area contributed by atoms with Crippen molar-refractivity contribution in [3.8, 4) is 5.75 Å². The zero-order valence-corrected chi connectivity index (χ0v) is 23.6. The second-order valence-corrected chi connectivity index (χ2v) is 9.67. The molecule has 0 bridgehead atoms. The molecule has 2 atom stereocenters. The largest absolute Gasteiger partial charge is 0.490 e. The highest BCUT2D eigenvalue weighted by Gasteiger charge is 2.62. The molecule has 5 nitrogen and oxygen atoms in total. The summed E-state index contributed by atoms with van der Waals surface area (Å²) in [4.78, 5) is 0. The Kier molecular flexibility index (Phi) is 11.8. The van der Waals surface area contributed by atoms with Gasteiger partial charge < -0.3 is 14.2 Å². The summed E-state index contributed by atoms with van der Waals surface area (Å²) < 4.78 is 33.7. The van der Waals surface area contributed by atoms with Gasteiger partial charge in [-0.2, -0.15) is 0 Å². The van der Waals surface area contributed by atoms with Crippen LogP contribution in [0.15, 0.2) is 48.5 Å². The molecule has 0 saturated carbocycles. The van der Waals surface area contributed by atoms with Crippen LogP contribution in [0.1, 0.15) is 51.5 Å². The van der Waals surface area contributed by atoms with Gasteiger partial charge in [0.15, 0.2) is 0 Å². The molecule has 2 saturated heterocycles. The van der Waals surface area contributed by atoms with Crippen LogP contribution >= 0.6 is 36.4 Å². The molecule has 0 radical (unpaired) electrons. The number of hydrazine groups is 1. The molecule has 0 amide bonds. The first kappa shape index (κ1) is 31.1. The minimum Gasteiger partial charge on any atom is -0.490 e. The van der Waals surface area contributed by atoms with E-state index in [2.05, 4.69) is 24.3 Å². The van der Waals surface area contributed by atoms with Gasteiger partial charge in [0.1, 0.15) is 17.7 Å². The van der Waals surface area contributed by atoms with E-state index in [1.54, 1.807) is 12.1 Å². The van der Waals surface area contributed by atoms with E-state index in [1.807, 2.05) is 31.3 Å². The number of nitrogens with zero attached hydrogens (tertiary/aromatic N) is 1. The molecule has 1 N–H and O–H groups in total. The van der Waals surface area contributed by atoms with Crippen molar-refractivity contribution < 1.29 is 18.6 Å². The van der Waals surface area contributed by atoms with Crippen molar-refractivity contribution in [2.45, 2.75) is 63.4 Å². The van der Waals surface area contributed by atoms with Gasteiger partial charge in [0.05, 0.1) is 19.1 Å². The van der Waals surface area contributed by atoms with Crippen molar-refractivity contribution in [1.82, 2.24) is 10.4 Å². The monoisotopic (exact) mass is 562 g/mol. The number of ether oxygens (including phenoxy) is 3. The standard InChI is InChI=1S/C27H36ClFN2O3.2ClH/c1-4-14-26(15-5-2)25(27(32-17-18-33-27)20-9-11-22(29)12-10-20)24(13-16-31(26)30-3)34-23-8-6-7-21(28)19-23;;/h6-12,19,24-25,30H,4-5,13-18H2,1-3H3;2*1H. The van der Waals surface area contributed by atoms with Gasteiger partial charge in [0.25, 0.3) is 0 Å². The summed E-state index contributed by atoms with van der Waals surface area (Å²) in [6.07, 6.45) is 4.47. The van der Waals surface area contributed by atoms with Crippen LogP contribution in [0.4, 0.5) is 4.39 Å². The zero-order valence-electron chi connectivity index (χ0n) is 21.2. The molecule has 2 aliphatic heterocycles. The first-order valence-electron chi connectivity index (χ1n) is 12.4. The van der Waals surface area contributed by atoms with E-state index >= 15 is 0 Å². The maximum atomic E-state index is 13.9. The lowest BCUT2D eigenvalue weighted by molar-refractivity contribution is -0.275. The van der Waals surface area contributed by atoms with Gasteiger partial charge in [-0.15, -0.1) is 24.8 Å². The summed E-state index contributed by atoms with van der Waals surface area (Å²) >= 11 is 6.28. The molecule has 0 aliphatic carbocycles. The second kappa shape index (κ2) is 13.6. The van der Waals surface area contributed by atoms with Gasteiger partial charge in [-0.25, -0.2) is 9.40 Å². The third-order valence-corrected chi connectivity index (χ3v) is 7.45. The molecular weight excluding hydrogens is 526 g/mol. The summed E-state index contributed by atoms with van der Waals surface area (Å²) in [7, 11) is 1.98. The molecule has 2 aliphatic rings. The summed E-state index contributed by atoms with van der Waals surface area (Å²) in [6.45, 7) is 6.21. The highest BCUT2D eigenvalue weighted by Crippen LogP contribution is 2.53. The number of rotatable bonds is 9. The molecule has 4 rings (SSSR count). The summed E-state index contributed by atoms with van der Waals surface area (Å²) in [5.41, 5.74) is 4.01. The molecule has 2 aromatic carbocycles. The van der Waals surface area contributed by atoms with Crippen LogP contribution in [0.2, 0.25) is 5.02 Å². The minimum atomic E-state index is -1.04. The van der Waals surface area contributed by atoms with Crippen molar-refractivity contribution in [2.75, 3.05) is 26.8 Å².